The Morgan fingerprint density at radius 1 is 0.893 bits per heavy atom. The van der Waals surface area contributed by atoms with Gasteiger partial charge in [0.25, 0.3) is 0 Å². The van der Waals surface area contributed by atoms with E-state index in [0.717, 1.165) is 16.8 Å². The van der Waals surface area contributed by atoms with Gasteiger partial charge in [0.05, 0.1) is 0 Å². The third-order valence-corrected chi connectivity index (χ3v) is 4.45. The zero-order chi connectivity index (χ0) is 19.3. The van der Waals surface area contributed by atoms with Crippen molar-refractivity contribution in [2.75, 3.05) is 0 Å². The number of hydrogen-bond donors (Lipinski definition) is 0. The van der Waals surface area contributed by atoms with Crippen LogP contribution in [0.3, 0.4) is 0 Å². The predicted octanol–water partition coefficient (Wildman–Crippen LogP) is 5.16. The second kappa shape index (κ2) is 7.84. The quantitative estimate of drug-likeness (QED) is 0.362. The van der Waals surface area contributed by atoms with Crippen LogP contribution < -0.4 is 0 Å². The van der Waals surface area contributed by atoms with Crippen molar-refractivity contribution in [3.05, 3.63) is 114 Å². The van der Waals surface area contributed by atoms with E-state index in [1.165, 1.54) is 0 Å². The highest BCUT2D eigenvalue weighted by atomic mass is 16.1. The molecule has 4 heteroatoms. The molecule has 136 valence electrons. The Balaban J connectivity index is 1.81. The molecule has 4 rings (SSSR count). The number of carbonyl (C=O) groups is 1. The number of rotatable bonds is 5. The first-order chi connectivity index (χ1) is 13.7. The third kappa shape index (κ3) is 3.67. The lowest BCUT2D eigenvalue weighted by Gasteiger charge is -2.09. The summed E-state index contributed by atoms with van der Waals surface area (Å²) in [7, 11) is 0. The second-order valence-electron chi connectivity index (χ2n) is 6.49. The summed E-state index contributed by atoms with van der Waals surface area (Å²) in [4.78, 5) is 22.2. The molecule has 28 heavy (non-hydrogen) atoms. The molecule has 0 radical (unpaired) electrons. The molecule has 0 amide bonds. The standard InChI is InChI=1S/C24H19N3O/c1-18-12-14-21(15-13-18)27-17-26-24(25-16-19-8-4-2-5-9-19)22(27)23(28)20-10-6-3-7-11-20/h2-17H,1H3/b25-16+. The van der Waals surface area contributed by atoms with E-state index in [1.807, 2.05) is 79.7 Å². The molecule has 0 fully saturated rings. The van der Waals surface area contributed by atoms with E-state index in [4.69, 9.17) is 0 Å². The number of imidazole rings is 1. The van der Waals surface area contributed by atoms with Gasteiger partial charge in [-0.15, -0.1) is 0 Å². The van der Waals surface area contributed by atoms with E-state index in [0.29, 0.717) is 17.1 Å². The van der Waals surface area contributed by atoms with E-state index in [-0.39, 0.29) is 5.78 Å². The molecule has 0 saturated carbocycles. The van der Waals surface area contributed by atoms with E-state index >= 15 is 0 Å². The Labute approximate surface area is 163 Å². The summed E-state index contributed by atoms with van der Waals surface area (Å²) in [5.41, 5.74) is 4.03. The van der Waals surface area contributed by atoms with Crippen LogP contribution in [-0.2, 0) is 0 Å². The van der Waals surface area contributed by atoms with E-state index in [2.05, 4.69) is 9.98 Å². The number of aryl methyl sites for hydroxylation is 1. The lowest BCUT2D eigenvalue weighted by molar-refractivity contribution is 0.103. The largest absolute Gasteiger partial charge is 0.294 e. The number of benzene rings is 3. The maximum Gasteiger partial charge on any atom is 0.213 e. The molecule has 0 N–H and O–H groups in total. The number of nitrogens with zero attached hydrogens (tertiary/aromatic N) is 3. The lowest BCUT2D eigenvalue weighted by Crippen LogP contribution is -2.08. The molecular weight excluding hydrogens is 346 g/mol. The van der Waals surface area contributed by atoms with Gasteiger partial charge in [-0.05, 0) is 24.6 Å². The molecule has 3 aromatic carbocycles. The van der Waals surface area contributed by atoms with Gasteiger partial charge in [0.2, 0.25) is 5.78 Å². The van der Waals surface area contributed by atoms with Gasteiger partial charge in [0.1, 0.15) is 12.0 Å². The van der Waals surface area contributed by atoms with Crippen LogP contribution in [0.1, 0.15) is 27.2 Å². The maximum atomic E-state index is 13.3. The number of carbonyl (C=O) groups excluding carboxylic acids is 1. The maximum absolute atomic E-state index is 13.3. The van der Waals surface area contributed by atoms with Crippen molar-refractivity contribution in [1.82, 2.24) is 9.55 Å². The van der Waals surface area contributed by atoms with E-state index in [1.54, 1.807) is 29.2 Å². The first-order valence-corrected chi connectivity index (χ1v) is 9.05. The van der Waals surface area contributed by atoms with Crippen LogP contribution in [0.4, 0.5) is 5.82 Å². The smallest absolute Gasteiger partial charge is 0.213 e. The Morgan fingerprint density at radius 3 is 2.21 bits per heavy atom. The fourth-order valence-corrected chi connectivity index (χ4v) is 2.95. The summed E-state index contributed by atoms with van der Waals surface area (Å²) in [5.74, 6) is 0.289. The SMILES string of the molecule is Cc1ccc(-n2cnc(/N=C/c3ccccc3)c2C(=O)c2ccccc2)cc1. The molecule has 1 aromatic heterocycles. The Kier molecular flexibility index (Phi) is 4.93. The molecular formula is C24H19N3O. The van der Waals surface area contributed by atoms with Crippen molar-refractivity contribution in [1.29, 1.82) is 0 Å². The van der Waals surface area contributed by atoms with Gasteiger partial charge < -0.3 is 0 Å². The summed E-state index contributed by atoms with van der Waals surface area (Å²) in [6, 6.07) is 26.9. The van der Waals surface area contributed by atoms with Gasteiger partial charge in [0.15, 0.2) is 5.82 Å². The topological polar surface area (TPSA) is 47.2 Å². The minimum Gasteiger partial charge on any atom is -0.294 e. The average molecular weight is 365 g/mol. The molecule has 0 aliphatic heterocycles. The van der Waals surface area contributed by atoms with Crippen molar-refractivity contribution in [3.63, 3.8) is 0 Å². The average Bonchev–Trinajstić information content (AvgIpc) is 3.17. The van der Waals surface area contributed by atoms with Gasteiger partial charge >= 0.3 is 0 Å². The molecule has 0 saturated heterocycles. The monoisotopic (exact) mass is 365 g/mol. The van der Waals surface area contributed by atoms with Crippen LogP contribution >= 0.6 is 0 Å². The summed E-state index contributed by atoms with van der Waals surface area (Å²) >= 11 is 0. The molecule has 0 aliphatic carbocycles. The van der Waals surface area contributed by atoms with Crippen molar-refractivity contribution < 1.29 is 4.79 Å². The van der Waals surface area contributed by atoms with Crippen LogP contribution in [0.15, 0.2) is 96.2 Å². The molecule has 0 unspecified atom stereocenters. The molecule has 0 spiro atoms. The second-order valence-corrected chi connectivity index (χ2v) is 6.49. The van der Waals surface area contributed by atoms with Gasteiger partial charge in [-0.3, -0.25) is 9.36 Å². The molecule has 0 atom stereocenters. The third-order valence-electron chi connectivity index (χ3n) is 4.45. The summed E-state index contributed by atoms with van der Waals surface area (Å²) < 4.78 is 1.80. The first kappa shape index (κ1) is 17.6. The number of aliphatic imine (C=N–C) groups is 1. The van der Waals surface area contributed by atoms with Crippen molar-refractivity contribution in [2.24, 2.45) is 4.99 Å². The molecule has 0 aliphatic rings. The normalized spacial score (nSPS) is 11.0. The number of hydrogen-bond acceptors (Lipinski definition) is 3. The van der Waals surface area contributed by atoms with Gasteiger partial charge in [-0.2, -0.15) is 0 Å². The Bertz CT molecular complexity index is 1110. The predicted molar refractivity (Wildman–Crippen MR) is 112 cm³/mol. The van der Waals surface area contributed by atoms with Crippen molar-refractivity contribution >= 4 is 17.8 Å². The van der Waals surface area contributed by atoms with Crippen molar-refractivity contribution in [2.45, 2.75) is 6.92 Å². The summed E-state index contributed by atoms with van der Waals surface area (Å²) in [6.07, 6.45) is 3.38. The molecule has 0 bridgehead atoms. The molecule has 4 aromatic rings. The highest BCUT2D eigenvalue weighted by Gasteiger charge is 2.20. The minimum absolute atomic E-state index is 0.112. The van der Waals surface area contributed by atoms with Gasteiger partial charge in [0, 0.05) is 17.5 Å². The van der Waals surface area contributed by atoms with Gasteiger partial charge in [-0.25, -0.2) is 9.98 Å². The van der Waals surface area contributed by atoms with Crippen LogP contribution in [0, 0.1) is 6.92 Å². The summed E-state index contributed by atoms with van der Waals surface area (Å²) in [5, 5.41) is 0. The lowest BCUT2D eigenvalue weighted by atomic mass is 10.1. The fraction of sp³-hybridized carbons (Fsp3) is 0.0417. The van der Waals surface area contributed by atoms with Crippen molar-refractivity contribution in [3.8, 4) is 5.69 Å². The zero-order valence-electron chi connectivity index (χ0n) is 15.5. The van der Waals surface area contributed by atoms with Crippen LogP contribution in [-0.4, -0.2) is 21.5 Å². The fourth-order valence-electron chi connectivity index (χ4n) is 2.95. The van der Waals surface area contributed by atoms with Crippen LogP contribution in [0.5, 0.6) is 0 Å². The highest BCUT2D eigenvalue weighted by Crippen LogP contribution is 2.24. The molecule has 4 nitrogen and oxygen atoms in total. The van der Waals surface area contributed by atoms with Gasteiger partial charge in [-0.1, -0.05) is 78.4 Å². The summed E-state index contributed by atoms with van der Waals surface area (Å²) in [6.45, 7) is 2.03. The van der Waals surface area contributed by atoms with E-state index < -0.39 is 0 Å². The van der Waals surface area contributed by atoms with E-state index in [9.17, 15) is 4.79 Å². The number of aromatic nitrogens is 2. The van der Waals surface area contributed by atoms with Crippen LogP contribution in [0.25, 0.3) is 5.69 Å². The molecule has 1 heterocycles. The highest BCUT2D eigenvalue weighted by molar-refractivity contribution is 6.11. The van der Waals surface area contributed by atoms with Crippen LogP contribution in [0.2, 0.25) is 0 Å². The Morgan fingerprint density at radius 2 is 1.54 bits per heavy atom. The number of ketones is 1. The Hall–Kier alpha value is -3.79. The first-order valence-electron chi connectivity index (χ1n) is 9.05. The minimum atomic E-state index is -0.112. The zero-order valence-corrected chi connectivity index (χ0v) is 15.5.